The highest BCUT2D eigenvalue weighted by Crippen LogP contribution is 2.26. The molecule has 2 aromatic carbocycles. The summed E-state index contributed by atoms with van der Waals surface area (Å²) in [6.07, 6.45) is 5.35. The van der Waals surface area contributed by atoms with E-state index in [1.54, 1.807) is 6.08 Å². The van der Waals surface area contributed by atoms with Crippen LogP contribution in [0.2, 0.25) is 0 Å². The zero-order valence-corrected chi connectivity index (χ0v) is 21.2. The summed E-state index contributed by atoms with van der Waals surface area (Å²) in [5.41, 5.74) is 7.77. The van der Waals surface area contributed by atoms with Gasteiger partial charge in [-0.1, -0.05) is 32.0 Å². The Kier molecular flexibility index (Phi) is 10.3. The second-order valence-corrected chi connectivity index (χ2v) is 9.31. The molecule has 0 bridgehead atoms. The molecule has 0 aromatic heterocycles. The number of nitrogens with two attached hydrogens (primary N) is 1. The van der Waals surface area contributed by atoms with Gasteiger partial charge in [-0.25, -0.2) is 0 Å². The molecule has 192 valence electrons. The smallest absolute Gasteiger partial charge is 0.323 e. The Morgan fingerprint density at radius 3 is 2.53 bits per heavy atom. The zero-order chi connectivity index (χ0) is 25.9. The molecule has 8 heteroatoms. The molecule has 3 N–H and O–H groups in total. The van der Waals surface area contributed by atoms with E-state index in [1.165, 1.54) is 24.9 Å². The van der Waals surface area contributed by atoms with Crippen molar-refractivity contribution in [2.45, 2.75) is 39.2 Å². The number of ether oxygens (including phenoxy) is 2. The molecular formula is C28H36N4O4. The fraction of sp³-hybridized carbons (Fsp3) is 0.464. The fourth-order valence-corrected chi connectivity index (χ4v) is 4.01. The number of nitrogens with one attached hydrogen (secondary N) is 1. The number of piperidine rings is 1. The topological polar surface area (TPSA) is 118 Å². The van der Waals surface area contributed by atoms with Crippen LogP contribution in [0.5, 0.6) is 0 Å². The first-order chi connectivity index (χ1) is 17.4. The lowest BCUT2D eigenvalue weighted by atomic mass is 10.0. The summed E-state index contributed by atoms with van der Waals surface area (Å²) in [4.78, 5) is 26.5. The lowest BCUT2D eigenvalue weighted by Crippen LogP contribution is -2.37. The average Bonchev–Trinajstić information content (AvgIpc) is 2.90. The van der Waals surface area contributed by atoms with Crippen molar-refractivity contribution in [1.82, 2.24) is 5.32 Å². The maximum absolute atomic E-state index is 12.4. The van der Waals surface area contributed by atoms with Crippen LogP contribution in [0, 0.1) is 17.2 Å². The molecule has 0 saturated carbocycles. The van der Waals surface area contributed by atoms with Crippen LogP contribution >= 0.6 is 0 Å². The van der Waals surface area contributed by atoms with Crippen molar-refractivity contribution < 1.29 is 19.1 Å². The number of benzene rings is 2. The van der Waals surface area contributed by atoms with E-state index in [0.717, 1.165) is 29.4 Å². The number of amides is 1. The molecule has 8 nitrogen and oxygen atoms in total. The molecule has 0 spiro atoms. The van der Waals surface area contributed by atoms with Crippen LogP contribution in [0.25, 0.3) is 16.8 Å². The minimum absolute atomic E-state index is 0.00270. The second kappa shape index (κ2) is 13.6. The van der Waals surface area contributed by atoms with Crippen LogP contribution in [-0.4, -0.2) is 57.4 Å². The van der Waals surface area contributed by atoms with Gasteiger partial charge >= 0.3 is 5.97 Å². The highest BCUT2D eigenvalue weighted by Gasteiger charge is 2.18. The minimum Gasteiger partial charge on any atom is -0.462 e. The predicted molar refractivity (Wildman–Crippen MR) is 141 cm³/mol. The van der Waals surface area contributed by atoms with E-state index in [0.29, 0.717) is 0 Å². The number of carbonyl (C=O) groups is 2. The standard InChI is InChI=1S/C28H36N4O4/c1-20(2)26(30)28(34)36-15-14-35-13-10-31-27(33)24(19-29)17-21-6-7-23-18-25(9-8-22(23)16-21)32-11-4-3-5-12-32/h6-9,16-18,20,26H,3-5,10-15,30H2,1-2H3,(H,31,33)/b24-17+/t26-/m0/s1. The molecule has 0 unspecified atom stereocenters. The zero-order valence-electron chi connectivity index (χ0n) is 21.2. The van der Waals surface area contributed by atoms with Crippen LogP contribution in [-0.2, 0) is 19.1 Å². The molecule has 1 fully saturated rings. The van der Waals surface area contributed by atoms with Crippen molar-refractivity contribution in [2.75, 3.05) is 44.4 Å². The van der Waals surface area contributed by atoms with Gasteiger partial charge in [-0.05, 0) is 65.8 Å². The summed E-state index contributed by atoms with van der Waals surface area (Å²) in [6.45, 7) is 6.64. The largest absolute Gasteiger partial charge is 0.462 e. The Labute approximate surface area is 213 Å². The first kappa shape index (κ1) is 27.2. The lowest BCUT2D eigenvalue weighted by Gasteiger charge is -2.29. The molecule has 2 aromatic rings. The van der Waals surface area contributed by atoms with Gasteiger partial charge in [0.05, 0.1) is 13.2 Å². The van der Waals surface area contributed by atoms with Gasteiger partial charge in [-0.2, -0.15) is 5.26 Å². The van der Waals surface area contributed by atoms with E-state index in [-0.39, 0.29) is 37.9 Å². The van der Waals surface area contributed by atoms with Crippen molar-refractivity contribution in [2.24, 2.45) is 11.7 Å². The fourth-order valence-electron chi connectivity index (χ4n) is 4.01. The highest BCUT2D eigenvalue weighted by atomic mass is 16.6. The lowest BCUT2D eigenvalue weighted by molar-refractivity contribution is -0.147. The van der Waals surface area contributed by atoms with E-state index in [2.05, 4.69) is 28.4 Å². The van der Waals surface area contributed by atoms with Gasteiger partial charge in [-0.3, -0.25) is 9.59 Å². The van der Waals surface area contributed by atoms with Crippen LogP contribution < -0.4 is 16.0 Å². The molecule has 1 atom stereocenters. The third-order valence-electron chi connectivity index (χ3n) is 6.24. The van der Waals surface area contributed by atoms with Crippen LogP contribution in [0.15, 0.2) is 42.0 Å². The maximum Gasteiger partial charge on any atom is 0.323 e. The van der Waals surface area contributed by atoms with Gasteiger partial charge in [0.1, 0.15) is 24.3 Å². The van der Waals surface area contributed by atoms with Crippen molar-refractivity contribution in [3.05, 3.63) is 47.5 Å². The number of esters is 1. The summed E-state index contributed by atoms with van der Waals surface area (Å²) >= 11 is 0. The Morgan fingerprint density at radius 2 is 1.81 bits per heavy atom. The highest BCUT2D eigenvalue weighted by molar-refractivity contribution is 6.02. The predicted octanol–water partition coefficient (Wildman–Crippen LogP) is 3.40. The Morgan fingerprint density at radius 1 is 1.08 bits per heavy atom. The molecule has 1 aliphatic rings. The van der Waals surface area contributed by atoms with Gasteiger partial charge in [0.2, 0.25) is 0 Å². The van der Waals surface area contributed by atoms with Crippen LogP contribution in [0.1, 0.15) is 38.7 Å². The van der Waals surface area contributed by atoms with E-state index >= 15 is 0 Å². The number of hydrogen-bond acceptors (Lipinski definition) is 7. The van der Waals surface area contributed by atoms with E-state index in [9.17, 15) is 14.9 Å². The number of carbonyl (C=O) groups excluding carboxylic acids is 2. The summed E-state index contributed by atoms with van der Waals surface area (Å²) in [5.74, 6) is -0.916. The number of fused-ring (bicyclic) bond motifs is 1. The number of nitrogens with zero attached hydrogens (tertiary/aromatic N) is 2. The number of rotatable bonds is 11. The van der Waals surface area contributed by atoms with Gasteiger partial charge in [-0.15, -0.1) is 0 Å². The molecule has 0 radical (unpaired) electrons. The first-order valence-electron chi connectivity index (χ1n) is 12.6. The molecule has 0 aliphatic carbocycles. The monoisotopic (exact) mass is 492 g/mol. The van der Waals surface area contributed by atoms with Gasteiger partial charge in [0.25, 0.3) is 5.91 Å². The van der Waals surface area contributed by atoms with Gasteiger partial charge in [0.15, 0.2) is 0 Å². The SMILES string of the molecule is CC(C)[C@H](N)C(=O)OCCOCCNC(=O)/C(C#N)=C/c1ccc2cc(N3CCCCC3)ccc2c1. The van der Waals surface area contributed by atoms with E-state index < -0.39 is 17.9 Å². The minimum atomic E-state index is -0.653. The van der Waals surface area contributed by atoms with Crippen molar-refractivity contribution in [3.8, 4) is 6.07 Å². The molecular weight excluding hydrogens is 456 g/mol. The van der Waals surface area contributed by atoms with Crippen LogP contribution in [0.4, 0.5) is 5.69 Å². The molecule has 1 aliphatic heterocycles. The van der Waals surface area contributed by atoms with Gasteiger partial charge in [0, 0.05) is 25.3 Å². The normalized spacial score (nSPS) is 15.0. The molecule has 36 heavy (non-hydrogen) atoms. The maximum atomic E-state index is 12.4. The summed E-state index contributed by atoms with van der Waals surface area (Å²) in [7, 11) is 0. The van der Waals surface area contributed by atoms with E-state index in [4.69, 9.17) is 15.2 Å². The first-order valence-corrected chi connectivity index (χ1v) is 12.6. The van der Waals surface area contributed by atoms with E-state index in [1.807, 2.05) is 38.1 Å². The number of anilines is 1. The van der Waals surface area contributed by atoms with Crippen molar-refractivity contribution in [3.63, 3.8) is 0 Å². The summed E-state index contributed by atoms with van der Waals surface area (Å²) in [5, 5.41) is 14.4. The van der Waals surface area contributed by atoms with Gasteiger partial charge < -0.3 is 25.4 Å². The Bertz CT molecular complexity index is 1120. The molecule has 3 rings (SSSR count). The molecule has 1 heterocycles. The summed E-state index contributed by atoms with van der Waals surface area (Å²) < 4.78 is 10.4. The Hall–Kier alpha value is -3.41. The van der Waals surface area contributed by atoms with Crippen molar-refractivity contribution in [1.29, 1.82) is 5.26 Å². The second-order valence-electron chi connectivity index (χ2n) is 9.31. The van der Waals surface area contributed by atoms with Crippen LogP contribution in [0.3, 0.4) is 0 Å². The number of hydrogen-bond donors (Lipinski definition) is 2. The number of nitriles is 1. The summed E-state index contributed by atoms with van der Waals surface area (Å²) in [6, 6.07) is 13.7. The molecule has 1 saturated heterocycles. The quantitative estimate of drug-likeness (QED) is 0.214. The average molecular weight is 493 g/mol. The third-order valence-corrected chi connectivity index (χ3v) is 6.24. The Balaban J connectivity index is 1.47. The third kappa shape index (κ3) is 7.80. The molecule has 1 amide bonds. The van der Waals surface area contributed by atoms with Crippen molar-refractivity contribution >= 4 is 34.4 Å².